The summed E-state index contributed by atoms with van der Waals surface area (Å²) in [6.45, 7) is 2.96. The second-order valence-corrected chi connectivity index (χ2v) is 3.76. The average molecular weight is 204 g/mol. The maximum absolute atomic E-state index is 5.14. The molecule has 0 saturated heterocycles. The van der Waals surface area contributed by atoms with Crippen LogP contribution in [0.15, 0.2) is 24.4 Å². The minimum atomic E-state index is 0.395. The van der Waals surface area contributed by atoms with Crippen LogP contribution in [0.1, 0.15) is 23.6 Å². The van der Waals surface area contributed by atoms with E-state index < -0.39 is 0 Å². The Hall–Kier alpha value is -1.35. The minimum absolute atomic E-state index is 0.395. The summed E-state index contributed by atoms with van der Waals surface area (Å²) in [5.41, 5.74) is 2.32. The fourth-order valence-electron chi connectivity index (χ4n) is 1.85. The predicted molar refractivity (Wildman–Crippen MR) is 60.0 cm³/mol. The van der Waals surface area contributed by atoms with Crippen molar-refractivity contribution < 1.29 is 4.74 Å². The molecule has 0 aromatic carbocycles. The van der Waals surface area contributed by atoms with Crippen LogP contribution in [0.4, 0.5) is 0 Å². The summed E-state index contributed by atoms with van der Waals surface area (Å²) in [5, 5.41) is 3.43. The molecule has 1 aromatic heterocycles. The van der Waals surface area contributed by atoms with Gasteiger partial charge in [-0.1, -0.05) is 12.2 Å². The summed E-state index contributed by atoms with van der Waals surface area (Å²) >= 11 is 0. The molecule has 0 fully saturated rings. The van der Waals surface area contributed by atoms with E-state index in [1.807, 2.05) is 13.1 Å². The van der Waals surface area contributed by atoms with Crippen LogP contribution in [0.3, 0.4) is 0 Å². The molecule has 1 aliphatic heterocycles. The highest BCUT2D eigenvalue weighted by Crippen LogP contribution is 2.23. The molecule has 80 valence electrons. The smallest absolute Gasteiger partial charge is 0.215 e. The van der Waals surface area contributed by atoms with Crippen LogP contribution in [0.5, 0.6) is 5.88 Å². The summed E-state index contributed by atoms with van der Waals surface area (Å²) in [4.78, 5) is 4.29. The van der Waals surface area contributed by atoms with Gasteiger partial charge in [0.05, 0.1) is 7.11 Å². The Morgan fingerprint density at radius 2 is 2.33 bits per heavy atom. The van der Waals surface area contributed by atoms with Crippen molar-refractivity contribution in [2.45, 2.75) is 19.4 Å². The Morgan fingerprint density at radius 1 is 1.47 bits per heavy atom. The summed E-state index contributed by atoms with van der Waals surface area (Å²) < 4.78 is 5.14. The van der Waals surface area contributed by atoms with E-state index >= 15 is 0 Å². The van der Waals surface area contributed by atoms with Crippen LogP contribution in [-0.4, -0.2) is 18.6 Å². The Labute approximate surface area is 90.2 Å². The second kappa shape index (κ2) is 4.45. The third kappa shape index (κ3) is 2.18. The standard InChI is InChI=1S/C12H16N2O/c1-9-7-10(8-14-12(9)15-2)11-5-3-4-6-13-11/h3-4,7-8,11,13H,5-6H2,1-2H3. The lowest BCUT2D eigenvalue weighted by atomic mass is 10.0. The summed E-state index contributed by atoms with van der Waals surface area (Å²) in [6, 6.07) is 2.54. The Morgan fingerprint density at radius 3 is 2.93 bits per heavy atom. The molecule has 1 unspecified atom stereocenters. The molecule has 0 spiro atoms. The van der Waals surface area contributed by atoms with E-state index in [-0.39, 0.29) is 0 Å². The zero-order valence-corrected chi connectivity index (χ0v) is 9.16. The van der Waals surface area contributed by atoms with Gasteiger partial charge in [0.15, 0.2) is 0 Å². The molecule has 2 heterocycles. The Kier molecular flexibility index (Phi) is 3.02. The topological polar surface area (TPSA) is 34.1 Å². The van der Waals surface area contributed by atoms with Crippen LogP contribution < -0.4 is 10.1 Å². The molecule has 0 radical (unpaired) electrons. The van der Waals surface area contributed by atoms with Crippen molar-refractivity contribution in [2.75, 3.05) is 13.7 Å². The molecule has 1 N–H and O–H groups in total. The molecule has 3 nitrogen and oxygen atoms in total. The molecule has 0 bridgehead atoms. The van der Waals surface area contributed by atoms with Crippen LogP contribution >= 0.6 is 0 Å². The molecule has 0 amide bonds. The molecular formula is C12H16N2O. The van der Waals surface area contributed by atoms with Crippen molar-refractivity contribution in [3.63, 3.8) is 0 Å². The Bertz CT molecular complexity index is 374. The molecule has 1 aliphatic rings. The first kappa shape index (κ1) is 10.2. The van der Waals surface area contributed by atoms with E-state index in [0.717, 1.165) is 18.5 Å². The molecular weight excluding hydrogens is 188 g/mol. The fourth-order valence-corrected chi connectivity index (χ4v) is 1.85. The zero-order valence-electron chi connectivity index (χ0n) is 9.16. The number of rotatable bonds is 2. The number of hydrogen-bond acceptors (Lipinski definition) is 3. The fraction of sp³-hybridized carbons (Fsp3) is 0.417. The van der Waals surface area contributed by atoms with E-state index in [2.05, 4.69) is 28.5 Å². The van der Waals surface area contributed by atoms with Crippen LogP contribution in [0.2, 0.25) is 0 Å². The third-order valence-corrected chi connectivity index (χ3v) is 2.67. The second-order valence-electron chi connectivity index (χ2n) is 3.76. The zero-order chi connectivity index (χ0) is 10.7. The van der Waals surface area contributed by atoms with Gasteiger partial charge in [0.2, 0.25) is 5.88 Å². The van der Waals surface area contributed by atoms with Crippen LogP contribution in [-0.2, 0) is 0 Å². The lowest BCUT2D eigenvalue weighted by molar-refractivity contribution is 0.393. The number of methoxy groups -OCH3 is 1. The minimum Gasteiger partial charge on any atom is -0.481 e. The van der Waals surface area contributed by atoms with Gasteiger partial charge in [0, 0.05) is 24.3 Å². The van der Waals surface area contributed by atoms with Crippen LogP contribution in [0, 0.1) is 6.92 Å². The quantitative estimate of drug-likeness (QED) is 0.748. The lowest BCUT2D eigenvalue weighted by Gasteiger charge is -2.20. The van der Waals surface area contributed by atoms with Gasteiger partial charge in [0.1, 0.15) is 0 Å². The number of ether oxygens (including phenoxy) is 1. The van der Waals surface area contributed by atoms with E-state index in [4.69, 9.17) is 4.74 Å². The monoisotopic (exact) mass is 204 g/mol. The molecule has 1 atom stereocenters. The highest BCUT2D eigenvalue weighted by Gasteiger charge is 2.13. The third-order valence-electron chi connectivity index (χ3n) is 2.67. The van der Waals surface area contributed by atoms with Crippen molar-refractivity contribution >= 4 is 0 Å². The highest BCUT2D eigenvalue weighted by molar-refractivity contribution is 5.30. The number of aryl methyl sites for hydroxylation is 1. The maximum atomic E-state index is 5.14. The predicted octanol–water partition coefficient (Wildman–Crippen LogP) is 1.99. The Balaban J connectivity index is 2.21. The van der Waals surface area contributed by atoms with E-state index in [0.29, 0.717) is 11.9 Å². The maximum Gasteiger partial charge on any atom is 0.215 e. The first-order valence-electron chi connectivity index (χ1n) is 5.20. The van der Waals surface area contributed by atoms with E-state index in [9.17, 15) is 0 Å². The summed E-state index contributed by atoms with van der Waals surface area (Å²) in [7, 11) is 1.65. The molecule has 1 aromatic rings. The first-order valence-corrected chi connectivity index (χ1v) is 5.20. The molecule has 3 heteroatoms. The van der Waals surface area contributed by atoms with Crippen LogP contribution in [0.25, 0.3) is 0 Å². The summed E-state index contributed by atoms with van der Waals surface area (Å²) in [5.74, 6) is 0.713. The first-order chi connectivity index (χ1) is 7.31. The molecule has 0 aliphatic carbocycles. The van der Waals surface area contributed by atoms with Gasteiger partial charge < -0.3 is 10.1 Å². The number of nitrogens with one attached hydrogen (secondary N) is 1. The SMILES string of the molecule is COc1ncc(C2CC=CCN2)cc1C. The largest absolute Gasteiger partial charge is 0.481 e. The van der Waals surface area contributed by atoms with Crippen molar-refractivity contribution in [3.05, 3.63) is 35.5 Å². The molecule has 15 heavy (non-hydrogen) atoms. The van der Waals surface area contributed by atoms with Gasteiger partial charge in [-0.15, -0.1) is 0 Å². The average Bonchev–Trinajstić information content (AvgIpc) is 2.30. The highest BCUT2D eigenvalue weighted by atomic mass is 16.5. The van der Waals surface area contributed by atoms with Crippen molar-refractivity contribution in [3.8, 4) is 5.88 Å². The number of pyridine rings is 1. The molecule has 0 saturated carbocycles. The molecule has 2 rings (SSSR count). The normalized spacial score (nSPS) is 20.3. The summed E-state index contributed by atoms with van der Waals surface area (Å²) in [6.07, 6.45) is 7.29. The van der Waals surface area contributed by atoms with Gasteiger partial charge in [-0.3, -0.25) is 0 Å². The van der Waals surface area contributed by atoms with Gasteiger partial charge in [-0.2, -0.15) is 0 Å². The number of aromatic nitrogens is 1. The number of nitrogens with zero attached hydrogens (tertiary/aromatic N) is 1. The van der Waals surface area contributed by atoms with Crippen molar-refractivity contribution in [1.82, 2.24) is 10.3 Å². The lowest BCUT2D eigenvalue weighted by Crippen LogP contribution is -2.24. The number of hydrogen-bond donors (Lipinski definition) is 1. The van der Waals surface area contributed by atoms with E-state index in [1.165, 1.54) is 5.56 Å². The van der Waals surface area contributed by atoms with Gasteiger partial charge in [-0.05, 0) is 25.0 Å². The van der Waals surface area contributed by atoms with Crippen molar-refractivity contribution in [2.24, 2.45) is 0 Å². The van der Waals surface area contributed by atoms with Gasteiger partial charge >= 0.3 is 0 Å². The van der Waals surface area contributed by atoms with Crippen molar-refractivity contribution in [1.29, 1.82) is 0 Å². The van der Waals surface area contributed by atoms with E-state index in [1.54, 1.807) is 7.11 Å². The van der Waals surface area contributed by atoms with Gasteiger partial charge in [-0.25, -0.2) is 4.98 Å². The van der Waals surface area contributed by atoms with Gasteiger partial charge in [0.25, 0.3) is 0 Å².